The zero-order chi connectivity index (χ0) is 6.41. The van der Waals surface area contributed by atoms with Gasteiger partial charge in [0.2, 0.25) is 0 Å². The molecule has 2 N–H and O–H groups in total. The molecule has 0 aromatic carbocycles. The summed E-state index contributed by atoms with van der Waals surface area (Å²) in [4.78, 5) is 10.5. The second kappa shape index (κ2) is 7.92. The maximum atomic E-state index is 10.5. The van der Waals surface area contributed by atoms with Crippen LogP contribution in [0.25, 0.3) is 0 Å². The summed E-state index contributed by atoms with van der Waals surface area (Å²) in [7, 11) is 0. The van der Waals surface area contributed by atoms with Crippen molar-refractivity contribution in [3.8, 4) is 0 Å². The Morgan fingerprint density at radius 2 is 2.11 bits per heavy atom. The number of hydrogen-bond donors (Lipinski definition) is 1. The minimum atomic E-state index is 0. The maximum Gasteiger partial charge on any atom is 0.132 e. The molecule has 0 saturated heterocycles. The number of nitrogens with two attached hydrogens (primary N) is 1. The fraction of sp³-hybridized carbons (Fsp3) is 0.833. The fourth-order valence-electron chi connectivity index (χ4n) is 0.476. The van der Waals surface area contributed by atoms with E-state index in [1.807, 2.05) is 6.92 Å². The summed E-state index contributed by atoms with van der Waals surface area (Å²) in [5, 5.41) is 0. The maximum absolute atomic E-state index is 10.5. The van der Waals surface area contributed by atoms with E-state index in [0.29, 0.717) is 25.2 Å². The van der Waals surface area contributed by atoms with Crippen LogP contribution in [-0.2, 0) is 4.79 Å². The van der Waals surface area contributed by atoms with E-state index < -0.39 is 0 Å². The Hall–Kier alpha value is -0.0800. The highest BCUT2D eigenvalue weighted by Gasteiger charge is 1.93. The molecular formula is C6H14ClNO. The lowest BCUT2D eigenvalue weighted by Gasteiger charge is -1.91. The van der Waals surface area contributed by atoms with E-state index in [0.717, 1.165) is 6.42 Å². The van der Waals surface area contributed by atoms with Gasteiger partial charge in [0.05, 0.1) is 0 Å². The van der Waals surface area contributed by atoms with Gasteiger partial charge in [0.25, 0.3) is 0 Å². The van der Waals surface area contributed by atoms with E-state index in [-0.39, 0.29) is 12.4 Å². The van der Waals surface area contributed by atoms with Gasteiger partial charge in [0.1, 0.15) is 5.78 Å². The highest BCUT2D eigenvalue weighted by atomic mass is 35.5. The van der Waals surface area contributed by atoms with Crippen molar-refractivity contribution in [2.45, 2.75) is 26.2 Å². The van der Waals surface area contributed by atoms with E-state index >= 15 is 0 Å². The third kappa shape index (κ3) is 7.92. The lowest BCUT2D eigenvalue weighted by Crippen LogP contribution is -2.02. The predicted molar refractivity (Wildman–Crippen MR) is 40.8 cm³/mol. The van der Waals surface area contributed by atoms with Gasteiger partial charge in [-0.15, -0.1) is 12.4 Å². The Kier molecular flexibility index (Phi) is 10.3. The fourth-order valence-corrected chi connectivity index (χ4v) is 0.476. The van der Waals surface area contributed by atoms with Gasteiger partial charge in [-0.25, -0.2) is 0 Å². The van der Waals surface area contributed by atoms with Gasteiger partial charge >= 0.3 is 0 Å². The first kappa shape index (κ1) is 11.7. The van der Waals surface area contributed by atoms with Gasteiger partial charge in [0, 0.05) is 12.8 Å². The van der Waals surface area contributed by atoms with E-state index in [2.05, 4.69) is 0 Å². The number of Topliss-reactive ketones (excluding diaryl/α,β-unsaturated/α-hetero) is 1. The van der Waals surface area contributed by atoms with Gasteiger partial charge in [0.15, 0.2) is 0 Å². The van der Waals surface area contributed by atoms with E-state index in [9.17, 15) is 4.79 Å². The molecule has 0 fully saturated rings. The number of rotatable bonds is 4. The zero-order valence-corrected chi connectivity index (χ0v) is 6.54. The first-order chi connectivity index (χ1) is 3.81. The standard InChI is InChI=1S/C6H13NO.ClH/c1-2-6(8)4-3-5-7;/h2-5,7H2,1H3;1H. The Labute approximate surface area is 62.2 Å². The smallest absolute Gasteiger partial charge is 0.132 e. The molecule has 0 aliphatic carbocycles. The van der Waals surface area contributed by atoms with Crippen molar-refractivity contribution in [3.05, 3.63) is 0 Å². The molecule has 0 rings (SSSR count). The molecule has 0 aromatic heterocycles. The zero-order valence-electron chi connectivity index (χ0n) is 5.72. The van der Waals surface area contributed by atoms with Crippen molar-refractivity contribution in [1.82, 2.24) is 0 Å². The third-order valence-corrected chi connectivity index (χ3v) is 1.05. The van der Waals surface area contributed by atoms with Crippen LogP contribution in [0.2, 0.25) is 0 Å². The molecule has 0 unspecified atom stereocenters. The molecule has 0 atom stereocenters. The van der Waals surface area contributed by atoms with Crippen LogP contribution in [0.3, 0.4) is 0 Å². The van der Waals surface area contributed by atoms with Crippen LogP contribution in [0.5, 0.6) is 0 Å². The SMILES string of the molecule is CCC(=O)CCCN.Cl. The van der Waals surface area contributed by atoms with Crippen LogP contribution in [0.1, 0.15) is 26.2 Å². The minimum Gasteiger partial charge on any atom is -0.330 e. The molecule has 0 aromatic rings. The van der Waals surface area contributed by atoms with Gasteiger partial charge in [-0.05, 0) is 13.0 Å². The van der Waals surface area contributed by atoms with Crippen LogP contribution in [0.15, 0.2) is 0 Å². The Morgan fingerprint density at radius 3 is 2.44 bits per heavy atom. The van der Waals surface area contributed by atoms with Crippen molar-refractivity contribution in [1.29, 1.82) is 0 Å². The van der Waals surface area contributed by atoms with Gasteiger partial charge in [-0.3, -0.25) is 4.79 Å². The minimum absolute atomic E-state index is 0. The summed E-state index contributed by atoms with van der Waals surface area (Å²) < 4.78 is 0. The first-order valence-corrected chi connectivity index (χ1v) is 3.03. The topological polar surface area (TPSA) is 43.1 Å². The highest BCUT2D eigenvalue weighted by molar-refractivity contribution is 5.85. The number of carbonyl (C=O) groups excluding carboxylic acids is 1. The van der Waals surface area contributed by atoms with E-state index in [1.54, 1.807) is 0 Å². The number of halogens is 1. The molecule has 0 bridgehead atoms. The van der Waals surface area contributed by atoms with Gasteiger partial charge in [-0.2, -0.15) is 0 Å². The lowest BCUT2D eigenvalue weighted by atomic mass is 10.2. The second-order valence-corrected chi connectivity index (χ2v) is 1.78. The third-order valence-electron chi connectivity index (χ3n) is 1.05. The summed E-state index contributed by atoms with van der Waals surface area (Å²) in [6, 6.07) is 0. The van der Waals surface area contributed by atoms with Crippen LogP contribution in [0.4, 0.5) is 0 Å². The predicted octanol–water partition coefficient (Wildman–Crippen LogP) is 1.13. The number of ketones is 1. The average molecular weight is 152 g/mol. The highest BCUT2D eigenvalue weighted by Crippen LogP contribution is 1.90. The molecule has 0 aliphatic heterocycles. The van der Waals surface area contributed by atoms with Crippen LogP contribution >= 0.6 is 12.4 Å². The second-order valence-electron chi connectivity index (χ2n) is 1.78. The summed E-state index contributed by atoms with van der Waals surface area (Å²) in [5.74, 6) is 0.315. The monoisotopic (exact) mass is 151 g/mol. The Bertz CT molecular complexity index is 75.5. The molecular weight excluding hydrogens is 138 g/mol. The largest absolute Gasteiger partial charge is 0.330 e. The van der Waals surface area contributed by atoms with E-state index in [1.165, 1.54) is 0 Å². The van der Waals surface area contributed by atoms with Crippen molar-refractivity contribution in [2.75, 3.05) is 6.54 Å². The van der Waals surface area contributed by atoms with Crippen LogP contribution in [0, 0.1) is 0 Å². The Morgan fingerprint density at radius 1 is 1.56 bits per heavy atom. The summed E-state index contributed by atoms with van der Waals surface area (Å²) in [5.41, 5.74) is 5.18. The normalized spacial score (nSPS) is 8.22. The summed E-state index contributed by atoms with van der Waals surface area (Å²) in [6.45, 7) is 2.50. The van der Waals surface area contributed by atoms with Crippen molar-refractivity contribution < 1.29 is 4.79 Å². The van der Waals surface area contributed by atoms with Gasteiger partial charge < -0.3 is 5.73 Å². The Balaban J connectivity index is 0. The summed E-state index contributed by atoms with van der Waals surface area (Å²) in [6.07, 6.45) is 2.15. The van der Waals surface area contributed by atoms with Crippen molar-refractivity contribution >= 4 is 18.2 Å². The van der Waals surface area contributed by atoms with E-state index in [4.69, 9.17) is 5.73 Å². The molecule has 0 spiro atoms. The number of carbonyl (C=O) groups is 1. The van der Waals surface area contributed by atoms with Gasteiger partial charge in [-0.1, -0.05) is 6.92 Å². The average Bonchev–Trinajstić information content (AvgIpc) is 1.83. The molecule has 9 heavy (non-hydrogen) atoms. The molecule has 56 valence electrons. The van der Waals surface area contributed by atoms with Crippen LogP contribution in [-0.4, -0.2) is 12.3 Å². The number of hydrogen-bond acceptors (Lipinski definition) is 2. The molecule has 0 radical (unpaired) electrons. The molecule has 2 nitrogen and oxygen atoms in total. The summed E-state index contributed by atoms with van der Waals surface area (Å²) >= 11 is 0. The lowest BCUT2D eigenvalue weighted by molar-refractivity contribution is -0.118. The molecule has 0 heterocycles. The van der Waals surface area contributed by atoms with Crippen molar-refractivity contribution in [3.63, 3.8) is 0 Å². The molecule has 0 amide bonds. The molecule has 0 saturated carbocycles. The van der Waals surface area contributed by atoms with Crippen molar-refractivity contribution in [2.24, 2.45) is 5.73 Å². The quantitative estimate of drug-likeness (QED) is 0.655. The van der Waals surface area contributed by atoms with Crippen LogP contribution < -0.4 is 5.73 Å². The first-order valence-electron chi connectivity index (χ1n) is 3.03. The molecule has 3 heteroatoms. The molecule has 0 aliphatic rings.